The fourth-order valence-corrected chi connectivity index (χ4v) is 1.63. The van der Waals surface area contributed by atoms with Crippen LogP contribution >= 0.6 is 0 Å². The van der Waals surface area contributed by atoms with Crippen molar-refractivity contribution >= 4 is 11.5 Å². The molecule has 0 aliphatic carbocycles. The van der Waals surface area contributed by atoms with E-state index in [2.05, 4.69) is 5.32 Å². The molecule has 0 aliphatic heterocycles. The SMILES string of the molecule is CNc1cccc(OCCCCCOCC(C)=O)c1. The zero-order valence-electron chi connectivity index (χ0n) is 11.8. The Balaban J connectivity index is 2.02. The number of hydrogen-bond acceptors (Lipinski definition) is 4. The number of carbonyl (C=O) groups excluding carboxylic acids is 1. The molecule has 1 aromatic carbocycles. The van der Waals surface area contributed by atoms with Gasteiger partial charge in [0.05, 0.1) is 6.61 Å². The number of ketones is 1. The van der Waals surface area contributed by atoms with Crippen LogP contribution in [0.5, 0.6) is 5.75 Å². The minimum absolute atomic E-state index is 0.0766. The summed E-state index contributed by atoms with van der Waals surface area (Å²) >= 11 is 0. The van der Waals surface area contributed by atoms with Gasteiger partial charge in [-0.2, -0.15) is 0 Å². The second-order valence-corrected chi connectivity index (χ2v) is 4.44. The Hall–Kier alpha value is -1.55. The number of hydrogen-bond donors (Lipinski definition) is 1. The largest absolute Gasteiger partial charge is 0.494 e. The van der Waals surface area contributed by atoms with Gasteiger partial charge in [-0.05, 0) is 38.3 Å². The van der Waals surface area contributed by atoms with Gasteiger partial charge in [0.2, 0.25) is 0 Å². The number of nitrogens with one attached hydrogen (secondary N) is 1. The van der Waals surface area contributed by atoms with Crippen molar-refractivity contribution in [2.75, 3.05) is 32.2 Å². The topological polar surface area (TPSA) is 47.6 Å². The number of carbonyl (C=O) groups is 1. The number of anilines is 1. The van der Waals surface area contributed by atoms with E-state index in [0.717, 1.165) is 30.7 Å². The van der Waals surface area contributed by atoms with E-state index >= 15 is 0 Å². The number of ether oxygens (including phenoxy) is 2. The van der Waals surface area contributed by atoms with Gasteiger partial charge in [-0.1, -0.05) is 6.07 Å². The average molecular weight is 265 g/mol. The minimum atomic E-state index is 0.0766. The van der Waals surface area contributed by atoms with Crippen molar-refractivity contribution in [2.24, 2.45) is 0 Å². The summed E-state index contributed by atoms with van der Waals surface area (Å²) in [4.78, 5) is 10.6. The van der Waals surface area contributed by atoms with Crippen molar-refractivity contribution in [3.05, 3.63) is 24.3 Å². The molecule has 0 atom stereocenters. The molecule has 0 amide bonds. The number of rotatable bonds is 10. The Labute approximate surface area is 115 Å². The number of benzene rings is 1. The smallest absolute Gasteiger partial charge is 0.155 e. The van der Waals surface area contributed by atoms with Crippen LogP contribution in [0.2, 0.25) is 0 Å². The number of unbranched alkanes of at least 4 members (excludes halogenated alkanes) is 2. The molecule has 0 saturated heterocycles. The second-order valence-electron chi connectivity index (χ2n) is 4.44. The van der Waals surface area contributed by atoms with Crippen LogP contribution in [-0.2, 0) is 9.53 Å². The van der Waals surface area contributed by atoms with Gasteiger partial charge in [0, 0.05) is 25.4 Å². The molecule has 19 heavy (non-hydrogen) atoms. The van der Waals surface area contributed by atoms with Gasteiger partial charge in [-0.25, -0.2) is 0 Å². The first-order chi connectivity index (χ1) is 9.22. The van der Waals surface area contributed by atoms with E-state index in [1.54, 1.807) is 0 Å². The van der Waals surface area contributed by atoms with Crippen LogP contribution in [0.1, 0.15) is 26.2 Å². The van der Waals surface area contributed by atoms with Crippen LogP contribution in [0.25, 0.3) is 0 Å². The summed E-state index contributed by atoms with van der Waals surface area (Å²) in [6.45, 7) is 3.12. The van der Waals surface area contributed by atoms with Gasteiger partial charge in [0.1, 0.15) is 12.4 Å². The summed E-state index contributed by atoms with van der Waals surface area (Å²) in [6, 6.07) is 7.91. The van der Waals surface area contributed by atoms with Crippen LogP contribution in [0.3, 0.4) is 0 Å². The molecular formula is C15H23NO3. The summed E-state index contributed by atoms with van der Waals surface area (Å²) in [5, 5.41) is 3.08. The lowest BCUT2D eigenvalue weighted by atomic mass is 10.2. The molecular weight excluding hydrogens is 242 g/mol. The van der Waals surface area contributed by atoms with E-state index < -0.39 is 0 Å². The van der Waals surface area contributed by atoms with Crippen LogP contribution < -0.4 is 10.1 Å². The molecule has 0 unspecified atom stereocenters. The monoisotopic (exact) mass is 265 g/mol. The van der Waals surface area contributed by atoms with Crippen molar-refractivity contribution in [2.45, 2.75) is 26.2 Å². The first-order valence-electron chi connectivity index (χ1n) is 6.70. The lowest BCUT2D eigenvalue weighted by molar-refractivity contribution is -0.121. The van der Waals surface area contributed by atoms with Crippen molar-refractivity contribution in [3.8, 4) is 5.75 Å². The third-order valence-corrected chi connectivity index (χ3v) is 2.63. The van der Waals surface area contributed by atoms with Crippen molar-refractivity contribution < 1.29 is 14.3 Å². The van der Waals surface area contributed by atoms with Gasteiger partial charge in [0.15, 0.2) is 5.78 Å². The number of Topliss-reactive ketones (excluding diaryl/α,β-unsaturated/α-hetero) is 1. The summed E-state index contributed by atoms with van der Waals surface area (Å²) in [7, 11) is 1.89. The molecule has 1 aromatic rings. The normalized spacial score (nSPS) is 10.2. The van der Waals surface area contributed by atoms with E-state index in [1.807, 2.05) is 31.3 Å². The molecule has 0 saturated carbocycles. The summed E-state index contributed by atoms with van der Waals surface area (Å²) in [5.41, 5.74) is 1.05. The van der Waals surface area contributed by atoms with E-state index in [-0.39, 0.29) is 12.4 Å². The van der Waals surface area contributed by atoms with E-state index in [0.29, 0.717) is 13.2 Å². The van der Waals surface area contributed by atoms with E-state index in [9.17, 15) is 4.79 Å². The Morgan fingerprint density at radius 1 is 1.21 bits per heavy atom. The maximum absolute atomic E-state index is 10.6. The summed E-state index contributed by atoms with van der Waals surface area (Å²) in [6.07, 6.45) is 3.00. The minimum Gasteiger partial charge on any atom is -0.494 e. The maximum atomic E-state index is 10.6. The predicted molar refractivity (Wildman–Crippen MR) is 76.8 cm³/mol. The van der Waals surface area contributed by atoms with Crippen LogP contribution in [-0.4, -0.2) is 32.7 Å². The van der Waals surface area contributed by atoms with Gasteiger partial charge >= 0.3 is 0 Å². The molecule has 4 heteroatoms. The molecule has 0 fully saturated rings. The zero-order chi connectivity index (χ0) is 13.9. The quantitative estimate of drug-likeness (QED) is 0.661. The molecule has 1 rings (SSSR count). The molecule has 4 nitrogen and oxygen atoms in total. The van der Waals surface area contributed by atoms with Gasteiger partial charge < -0.3 is 14.8 Å². The highest BCUT2D eigenvalue weighted by atomic mass is 16.5. The molecule has 106 valence electrons. The lowest BCUT2D eigenvalue weighted by Crippen LogP contribution is -2.05. The molecule has 0 spiro atoms. The molecule has 0 bridgehead atoms. The average Bonchev–Trinajstić information content (AvgIpc) is 2.41. The van der Waals surface area contributed by atoms with E-state index in [4.69, 9.17) is 9.47 Å². The fraction of sp³-hybridized carbons (Fsp3) is 0.533. The highest BCUT2D eigenvalue weighted by Crippen LogP contribution is 2.16. The van der Waals surface area contributed by atoms with Crippen molar-refractivity contribution in [3.63, 3.8) is 0 Å². The van der Waals surface area contributed by atoms with Crippen molar-refractivity contribution in [1.29, 1.82) is 0 Å². The van der Waals surface area contributed by atoms with Crippen LogP contribution in [0.15, 0.2) is 24.3 Å². The molecule has 0 aromatic heterocycles. The van der Waals surface area contributed by atoms with Gasteiger partial charge in [-0.15, -0.1) is 0 Å². The van der Waals surface area contributed by atoms with Gasteiger partial charge in [-0.3, -0.25) is 4.79 Å². The standard InChI is InChI=1S/C15H23NO3/c1-13(17)12-18-9-4-3-5-10-19-15-8-6-7-14(11-15)16-2/h6-8,11,16H,3-5,9-10,12H2,1-2H3. The first kappa shape index (κ1) is 15.5. The predicted octanol–water partition coefficient (Wildman–Crippen LogP) is 2.88. The fourth-order valence-electron chi connectivity index (χ4n) is 1.63. The van der Waals surface area contributed by atoms with Crippen LogP contribution in [0.4, 0.5) is 5.69 Å². The third-order valence-electron chi connectivity index (χ3n) is 2.63. The molecule has 1 N–H and O–H groups in total. The molecule has 0 radical (unpaired) electrons. The second kappa shape index (κ2) is 9.39. The van der Waals surface area contributed by atoms with Crippen molar-refractivity contribution in [1.82, 2.24) is 0 Å². The Kier molecular flexibility index (Phi) is 7.66. The highest BCUT2D eigenvalue weighted by molar-refractivity contribution is 5.76. The van der Waals surface area contributed by atoms with Gasteiger partial charge in [0.25, 0.3) is 0 Å². The third kappa shape index (κ3) is 7.47. The Morgan fingerprint density at radius 2 is 2.00 bits per heavy atom. The Bertz CT molecular complexity index is 379. The highest BCUT2D eigenvalue weighted by Gasteiger charge is 1.96. The molecule has 0 heterocycles. The molecule has 0 aliphatic rings. The maximum Gasteiger partial charge on any atom is 0.155 e. The lowest BCUT2D eigenvalue weighted by Gasteiger charge is -2.08. The summed E-state index contributed by atoms with van der Waals surface area (Å²) in [5.74, 6) is 0.965. The first-order valence-corrected chi connectivity index (χ1v) is 6.70. The zero-order valence-corrected chi connectivity index (χ0v) is 11.8. The van der Waals surface area contributed by atoms with E-state index in [1.165, 1.54) is 6.92 Å². The Morgan fingerprint density at radius 3 is 2.74 bits per heavy atom. The summed E-state index contributed by atoms with van der Waals surface area (Å²) < 4.78 is 10.8. The van der Waals surface area contributed by atoms with Crippen LogP contribution in [0, 0.1) is 0 Å².